The van der Waals surface area contributed by atoms with Crippen molar-refractivity contribution < 1.29 is 0 Å². The van der Waals surface area contributed by atoms with Crippen molar-refractivity contribution in [3.8, 4) is 0 Å². The first kappa shape index (κ1) is 9.37. The minimum atomic E-state index is 0. The van der Waals surface area contributed by atoms with E-state index in [0.29, 0.717) is 0 Å². The Morgan fingerprint density at radius 2 is 2.14 bits per heavy atom. The first-order valence-corrected chi connectivity index (χ1v) is 4.90. The number of aromatic nitrogens is 2. The predicted octanol–water partition coefficient (Wildman–Crippen LogP) is 3.27. The molecule has 2 nitrogen and oxygen atoms in total. The van der Waals surface area contributed by atoms with Crippen LogP contribution in [0.25, 0.3) is 21.3 Å². The van der Waals surface area contributed by atoms with Gasteiger partial charge < -0.3 is 0 Å². The van der Waals surface area contributed by atoms with E-state index in [0.717, 1.165) is 16.6 Å². The van der Waals surface area contributed by atoms with Gasteiger partial charge in [0.15, 0.2) is 5.65 Å². The lowest BCUT2D eigenvalue weighted by Gasteiger charge is -1.94. The summed E-state index contributed by atoms with van der Waals surface area (Å²) in [4.78, 5) is 8.64. The highest BCUT2D eigenvalue weighted by atomic mass is 35.5. The van der Waals surface area contributed by atoms with Gasteiger partial charge in [0.2, 0.25) is 0 Å². The van der Waals surface area contributed by atoms with Crippen molar-refractivity contribution in [3.05, 3.63) is 35.8 Å². The van der Waals surface area contributed by atoms with Gasteiger partial charge in [0.1, 0.15) is 0 Å². The summed E-state index contributed by atoms with van der Waals surface area (Å²) in [5.74, 6) is 0. The summed E-state index contributed by atoms with van der Waals surface area (Å²) in [7, 11) is 0. The van der Waals surface area contributed by atoms with Crippen LogP contribution in [0.2, 0.25) is 0 Å². The number of rotatable bonds is 0. The lowest BCUT2D eigenvalue weighted by Crippen LogP contribution is -1.81. The van der Waals surface area contributed by atoms with Crippen LogP contribution in [0, 0.1) is 0 Å². The number of nitrogens with zero attached hydrogens (tertiary/aromatic N) is 2. The van der Waals surface area contributed by atoms with E-state index < -0.39 is 0 Å². The van der Waals surface area contributed by atoms with E-state index in [1.807, 2.05) is 18.2 Å². The van der Waals surface area contributed by atoms with Crippen LogP contribution in [0.15, 0.2) is 35.8 Å². The van der Waals surface area contributed by atoms with E-state index in [2.05, 4.69) is 21.4 Å². The maximum absolute atomic E-state index is 4.44. The van der Waals surface area contributed by atoms with Crippen molar-refractivity contribution in [2.75, 3.05) is 0 Å². The molecule has 70 valence electrons. The summed E-state index contributed by atoms with van der Waals surface area (Å²) in [5, 5.41) is 3.16. The van der Waals surface area contributed by atoms with Crippen LogP contribution in [-0.4, -0.2) is 9.97 Å². The maximum atomic E-state index is 4.44. The van der Waals surface area contributed by atoms with E-state index in [-0.39, 0.29) is 12.4 Å². The molecule has 3 aromatic rings. The van der Waals surface area contributed by atoms with E-state index in [1.165, 1.54) is 4.70 Å². The number of fused-ring (bicyclic) bond motifs is 2. The van der Waals surface area contributed by atoms with Gasteiger partial charge in [0.05, 0.1) is 10.2 Å². The predicted molar refractivity (Wildman–Crippen MR) is 62.2 cm³/mol. The van der Waals surface area contributed by atoms with E-state index >= 15 is 0 Å². The van der Waals surface area contributed by atoms with Crippen LogP contribution in [-0.2, 0) is 0 Å². The van der Waals surface area contributed by atoms with Crippen LogP contribution in [0.3, 0.4) is 0 Å². The van der Waals surface area contributed by atoms with Crippen molar-refractivity contribution in [1.82, 2.24) is 9.97 Å². The average Bonchev–Trinajstić information content (AvgIpc) is 2.61. The van der Waals surface area contributed by atoms with Gasteiger partial charge in [-0.25, -0.2) is 9.97 Å². The van der Waals surface area contributed by atoms with Crippen molar-refractivity contribution in [1.29, 1.82) is 0 Å². The highest BCUT2D eigenvalue weighted by Gasteiger charge is 1.99. The second-order valence-corrected chi connectivity index (χ2v) is 3.79. The fourth-order valence-electron chi connectivity index (χ4n) is 1.39. The summed E-state index contributed by atoms with van der Waals surface area (Å²) in [6.07, 6.45) is 1.77. The summed E-state index contributed by atoms with van der Waals surface area (Å²) in [6.45, 7) is 0. The molecule has 0 aliphatic heterocycles. The third-order valence-corrected chi connectivity index (χ3v) is 2.86. The summed E-state index contributed by atoms with van der Waals surface area (Å²) >= 11 is 1.71. The molecule has 0 aliphatic rings. The van der Waals surface area contributed by atoms with Gasteiger partial charge in [-0.15, -0.1) is 23.7 Å². The molecule has 0 saturated heterocycles. The smallest absolute Gasteiger partial charge is 0.159 e. The van der Waals surface area contributed by atoms with Crippen molar-refractivity contribution >= 4 is 45.0 Å². The quantitative estimate of drug-likeness (QED) is 0.584. The second kappa shape index (κ2) is 3.52. The van der Waals surface area contributed by atoms with Crippen molar-refractivity contribution in [3.63, 3.8) is 0 Å². The van der Waals surface area contributed by atoms with Crippen LogP contribution in [0.1, 0.15) is 0 Å². The van der Waals surface area contributed by atoms with Gasteiger partial charge in [0.25, 0.3) is 0 Å². The Balaban J connectivity index is 0.000000750. The zero-order valence-electron chi connectivity index (χ0n) is 7.18. The number of halogens is 1. The third-order valence-electron chi connectivity index (χ3n) is 2.00. The molecule has 0 spiro atoms. The maximum Gasteiger partial charge on any atom is 0.159 e. The van der Waals surface area contributed by atoms with E-state index in [9.17, 15) is 0 Å². The Kier molecular flexibility index (Phi) is 2.35. The Morgan fingerprint density at radius 3 is 3.07 bits per heavy atom. The first-order valence-electron chi connectivity index (χ1n) is 4.02. The molecule has 3 rings (SSSR count). The van der Waals surface area contributed by atoms with Gasteiger partial charge in [-0.05, 0) is 29.6 Å². The zero-order chi connectivity index (χ0) is 8.67. The molecule has 4 heteroatoms. The van der Waals surface area contributed by atoms with Crippen LogP contribution < -0.4 is 0 Å². The number of thiophene rings is 1. The fourth-order valence-corrected chi connectivity index (χ4v) is 2.16. The van der Waals surface area contributed by atoms with Gasteiger partial charge in [0, 0.05) is 11.6 Å². The molecule has 0 atom stereocenters. The average molecular weight is 223 g/mol. The lowest BCUT2D eigenvalue weighted by atomic mass is 10.3. The second-order valence-electron chi connectivity index (χ2n) is 2.84. The molecule has 0 radical (unpaired) electrons. The summed E-state index contributed by atoms with van der Waals surface area (Å²) < 4.78 is 1.22. The normalized spacial score (nSPS) is 10.3. The summed E-state index contributed by atoms with van der Waals surface area (Å²) in [5.41, 5.74) is 1.87. The molecule has 0 bridgehead atoms. The minimum absolute atomic E-state index is 0. The van der Waals surface area contributed by atoms with Crippen molar-refractivity contribution in [2.45, 2.75) is 0 Å². The van der Waals surface area contributed by atoms with Crippen LogP contribution in [0.5, 0.6) is 0 Å². The molecule has 14 heavy (non-hydrogen) atoms. The highest BCUT2D eigenvalue weighted by molar-refractivity contribution is 7.17. The molecule has 0 unspecified atom stereocenters. The van der Waals surface area contributed by atoms with Gasteiger partial charge in [-0.2, -0.15) is 0 Å². The molecule has 0 fully saturated rings. The molecule has 0 saturated carbocycles. The molecule has 3 heterocycles. The van der Waals surface area contributed by atoms with E-state index in [1.54, 1.807) is 17.5 Å². The minimum Gasteiger partial charge on any atom is -0.237 e. The van der Waals surface area contributed by atoms with Crippen LogP contribution in [0.4, 0.5) is 0 Å². The number of hydrogen-bond donors (Lipinski definition) is 0. The molecule has 0 N–H and O–H groups in total. The molecule has 3 aromatic heterocycles. The topological polar surface area (TPSA) is 25.8 Å². The van der Waals surface area contributed by atoms with Crippen molar-refractivity contribution in [2.24, 2.45) is 0 Å². The Morgan fingerprint density at radius 1 is 1.21 bits per heavy atom. The summed E-state index contributed by atoms with van der Waals surface area (Å²) in [6, 6.07) is 8.13. The lowest BCUT2D eigenvalue weighted by molar-refractivity contribution is 1.33. The molecule has 0 amide bonds. The third kappa shape index (κ3) is 1.35. The van der Waals surface area contributed by atoms with Gasteiger partial charge in [-0.1, -0.05) is 0 Å². The highest BCUT2D eigenvalue weighted by Crippen LogP contribution is 2.22. The van der Waals surface area contributed by atoms with E-state index in [4.69, 9.17) is 0 Å². The molecule has 0 aliphatic carbocycles. The number of hydrogen-bond acceptors (Lipinski definition) is 3. The molecular formula is C10H7ClN2S. The largest absolute Gasteiger partial charge is 0.237 e. The number of pyridine rings is 2. The molecular weight excluding hydrogens is 216 g/mol. The van der Waals surface area contributed by atoms with Crippen LogP contribution >= 0.6 is 23.7 Å². The van der Waals surface area contributed by atoms with Gasteiger partial charge >= 0.3 is 0 Å². The SMILES string of the molecule is Cl.c1cnc2nc3ccsc3cc2c1. The van der Waals surface area contributed by atoms with Gasteiger partial charge in [-0.3, -0.25) is 0 Å². The Hall–Kier alpha value is -1.19. The zero-order valence-corrected chi connectivity index (χ0v) is 8.81. The Labute approximate surface area is 91.0 Å². The first-order chi connectivity index (χ1) is 6.43. The molecule has 0 aromatic carbocycles. The Bertz CT molecular complexity index is 527. The monoisotopic (exact) mass is 222 g/mol. The standard InChI is InChI=1S/C10H6N2S.ClH/c1-2-7-6-9-8(3-5-13-9)12-10(7)11-4-1;/h1-6H;1H. The fraction of sp³-hybridized carbons (Fsp3) is 0.